The van der Waals surface area contributed by atoms with Crippen LogP contribution in [-0.4, -0.2) is 38.9 Å². The molecule has 0 aliphatic rings. The molecule has 0 saturated heterocycles. The number of hydrogen-bond donors (Lipinski definition) is 1. The lowest BCUT2D eigenvalue weighted by Gasteiger charge is -2.14. The highest BCUT2D eigenvalue weighted by molar-refractivity contribution is 5.90. The van der Waals surface area contributed by atoms with Gasteiger partial charge in [-0.3, -0.25) is 0 Å². The van der Waals surface area contributed by atoms with Crippen molar-refractivity contribution in [3.05, 3.63) is 84.1 Å². The van der Waals surface area contributed by atoms with Crippen LogP contribution in [0.4, 0.5) is 4.39 Å². The van der Waals surface area contributed by atoms with Gasteiger partial charge in [0.1, 0.15) is 36.9 Å². The van der Waals surface area contributed by atoms with E-state index in [1.54, 1.807) is 6.07 Å². The van der Waals surface area contributed by atoms with Gasteiger partial charge in [0.05, 0.1) is 0 Å². The molecule has 0 aliphatic heterocycles. The van der Waals surface area contributed by atoms with Crippen LogP contribution >= 0.6 is 0 Å². The second kappa shape index (κ2) is 10.3. The van der Waals surface area contributed by atoms with E-state index < -0.39 is 6.67 Å². The molecule has 0 radical (unpaired) electrons. The molecule has 0 bridgehead atoms. The molecule has 1 N–H and O–H groups in total. The average molecular weight is 470 g/mol. The zero-order chi connectivity index (χ0) is 24.0. The van der Waals surface area contributed by atoms with Gasteiger partial charge in [0.15, 0.2) is 5.82 Å². The largest absolute Gasteiger partial charge is 0.489 e. The summed E-state index contributed by atoms with van der Waals surface area (Å²) in [5, 5.41) is 15.1. The van der Waals surface area contributed by atoms with Crippen molar-refractivity contribution < 1.29 is 13.9 Å². The molecular weight excluding hydrogens is 445 g/mol. The Hall–Kier alpha value is -4.33. The van der Waals surface area contributed by atoms with Crippen molar-refractivity contribution >= 4 is 10.9 Å². The van der Waals surface area contributed by atoms with Gasteiger partial charge in [-0.05, 0) is 45.7 Å². The molecule has 0 spiro atoms. The van der Waals surface area contributed by atoms with E-state index >= 15 is 0 Å². The third-order valence-corrected chi connectivity index (χ3v) is 5.70. The molecule has 8 heteroatoms. The monoisotopic (exact) mass is 469 g/mol. The van der Waals surface area contributed by atoms with Crippen molar-refractivity contribution in [1.29, 1.82) is 0 Å². The van der Waals surface area contributed by atoms with Crippen molar-refractivity contribution in [3.63, 3.8) is 0 Å². The fourth-order valence-corrected chi connectivity index (χ4v) is 3.96. The minimum atomic E-state index is -0.553. The molecule has 0 saturated carbocycles. The Bertz CT molecular complexity index is 1420. The molecule has 176 valence electrons. The van der Waals surface area contributed by atoms with Crippen LogP contribution in [0.15, 0.2) is 72.8 Å². The van der Waals surface area contributed by atoms with Crippen LogP contribution in [0.3, 0.4) is 0 Å². The Morgan fingerprint density at radius 3 is 2.46 bits per heavy atom. The van der Waals surface area contributed by atoms with Gasteiger partial charge in [-0.2, -0.15) is 0 Å². The van der Waals surface area contributed by atoms with E-state index in [1.165, 1.54) is 0 Å². The first-order valence-electron chi connectivity index (χ1n) is 11.4. The third-order valence-electron chi connectivity index (χ3n) is 5.70. The number of hydrogen-bond acceptors (Lipinski definition) is 6. The predicted molar refractivity (Wildman–Crippen MR) is 132 cm³/mol. The minimum absolute atomic E-state index is 0.00421. The van der Waals surface area contributed by atoms with Gasteiger partial charge in [-0.25, -0.2) is 14.5 Å². The zero-order valence-electron chi connectivity index (χ0n) is 19.2. The number of para-hydroxylation sites is 1. The van der Waals surface area contributed by atoms with Gasteiger partial charge in [-0.1, -0.05) is 61.5 Å². The second-order valence-corrected chi connectivity index (χ2v) is 7.94. The maximum absolute atomic E-state index is 12.7. The summed E-state index contributed by atoms with van der Waals surface area (Å²) >= 11 is 0. The fraction of sp³-hybridized carbons (Fsp3) is 0.185. The molecule has 0 aliphatic carbocycles. The number of H-pyrrole nitrogens is 1. The first-order valence-corrected chi connectivity index (χ1v) is 11.4. The molecule has 2 heterocycles. The summed E-state index contributed by atoms with van der Waals surface area (Å²) < 4.78 is 24.5. The summed E-state index contributed by atoms with van der Waals surface area (Å²) in [7, 11) is 0. The molecule has 2 aromatic heterocycles. The highest BCUT2D eigenvalue weighted by Crippen LogP contribution is 2.33. The highest BCUT2D eigenvalue weighted by atomic mass is 19.1. The number of nitrogens with zero attached hydrogens (tertiary/aromatic N) is 4. The lowest BCUT2D eigenvalue weighted by molar-refractivity contribution is 0.275. The summed E-state index contributed by atoms with van der Waals surface area (Å²) in [4.78, 5) is 4.69. The summed E-state index contributed by atoms with van der Waals surface area (Å²) in [6, 6.07) is 23.8. The van der Waals surface area contributed by atoms with E-state index in [9.17, 15) is 4.39 Å². The SMILES string of the molecule is CCc1cc(OCc2ccc(-c3ccccc3-c3nnn[nH]3)cc2)c2cccc(OCCF)c2n1. The van der Waals surface area contributed by atoms with Gasteiger partial charge in [0, 0.05) is 22.7 Å². The number of fused-ring (bicyclic) bond motifs is 1. The van der Waals surface area contributed by atoms with Crippen molar-refractivity contribution in [3.8, 4) is 34.0 Å². The van der Waals surface area contributed by atoms with Crippen LogP contribution in [0.5, 0.6) is 11.5 Å². The Morgan fingerprint density at radius 1 is 0.886 bits per heavy atom. The standard InChI is InChI=1S/C27H24FN5O2/c1-2-20-16-25(23-8-5-9-24(26(23)29-20)34-15-14-28)35-17-18-10-12-19(13-11-18)21-6-3-4-7-22(21)27-30-32-33-31-27/h3-13,16H,2,14-15,17H2,1H3,(H,30,31,32,33). The number of aromatic amines is 1. The number of alkyl halides is 1. The van der Waals surface area contributed by atoms with E-state index in [4.69, 9.17) is 14.5 Å². The topological polar surface area (TPSA) is 85.8 Å². The predicted octanol–water partition coefficient (Wildman–Crippen LogP) is 5.57. The quantitative estimate of drug-likeness (QED) is 0.304. The summed E-state index contributed by atoms with van der Waals surface area (Å²) in [6.07, 6.45) is 0.749. The summed E-state index contributed by atoms with van der Waals surface area (Å²) in [5.74, 6) is 1.91. The molecule has 0 fully saturated rings. The van der Waals surface area contributed by atoms with Gasteiger partial charge in [-0.15, -0.1) is 5.10 Å². The van der Waals surface area contributed by atoms with Gasteiger partial charge >= 0.3 is 0 Å². The van der Waals surface area contributed by atoms with E-state index in [2.05, 4.69) is 32.8 Å². The molecule has 0 amide bonds. The number of aromatic nitrogens is 5. The number of ether oxygens (including phenoxy) is 2. The fourth-order valence-electron chi connectivity index (χ4n) is 3.96. The molecule has 35 heavy (non-hydrogen) atoms. The lowest BCUT2D eigenvalue weighted by Crippen LogP contribution is -2.02. The molecule has 5 rings (SSSR count). The number of aryl methyl sites for hydroxylation is 1. The molecule has 3 aromatic carbocycles. The number of pyridine rings is 1. The third kappa shape index (κ3) is 4.82. The maximum Gasteiger partial charge on any atom is 0.180 e. The molecular formula is C27H24FN5O2. The Balaban J connectivity index is 1.39. The summed E-state index contributed by atoms with van der Waals surface area (Å²) in [5.41, 5.74) is 5.62. The van der Waals surface area contributed by atoms with Crippen molar-refractivity contribution in [2.45, 2.75) is 20.0 Å². The number of halogens is 1. The van der Waals surface area contributed by atoms with E-state index in [-0.39, 0.29) is 6.61 Å². The van der Waals surface area contributed by atoms with Crippen molar-refractivity contribution in [1.82, 2.24) is 25.6 Å². The van der Waals surface area contributed by atoms with Crippen LogP contribution in [-0.2, 0) is 13.0 Å². The van der Waals surface area contributed by atoms with Crippen LogP contribution < -0.4 is 9.47 Å². The van der Waals surface area contributed by atoms with Crippen LogP contribution in [0.2, 0.25) is 0 Å². The normalized spacial score (nSPS) is 11.0. The van der Waals surface area contributed by atoms with Crippen LogP contribution in [0, 0.1) is 0 Å². The molecule has 7 nitrogen and oxygen atoms in total. The number of rotatable bonds is 9. The van der Waals surface area contributed by atoms with E-state index in [0.717, 1.165) is 45.5 Å². The summed E-state index contributed by atoms with van der Waals surface area (Å²) in [6.45, 7) is 1.87. The average Bonchev–Trinajstić information content (AvgIpc) is 3.46. The molecule has 0 unspecified atom stereocenters. The number of tetrazole rings is 1. The second-order valence-electron chi connectivity index (χ2n) is 7.94. The number of benzene rings is 3. The Labute approximate surface area is 201 Å². The van der Waals surface area contributed by atoms with Crippen molar-refractivity contribution in [2.75, 3.05) is 13.3 Å². The molecule has 5 aromatic rings. The molecule has 0 atom stereocenters. The van der Waals surface area contributed by atoms with E-state index in [1.807, 2.05) is 61.5 Å². The van der Waals surface area contributed by atoms with Crippen LogP contribution in [0.25, 0.3) is 33.4 Å². The van der Waals surface area contributed by atoms with E-state index in [0.29, 0.717) is 23.7 Å². The smallest absolute Gasteiger partial charge is 0.180 e. The van der Waals surface area contributed by atoms with Gasteiger partial charge in [0.25, 0.3) is 0 Å². The first kappa shape index (κ1) is 22.5. The zero-order valence-corrected chi connectivity index (χ0v) is 19.2. The highest BCUT2D eigenvalue weighted by Gasteiger charge is 2.13. The van der Waals surface area contributed by atoms with Crippen molar-refractivity contribution in [2.24, 2.45) is 0 Å². The lowest BCUT2D eigenvalue weighted by atomic mass is 9.98. The van der Waals surface area contributed by atoms with Gasteiger partial charge in [0.2, 0.25) is 0 Å². The maximum atomic E-state index is 12.7. The minimum Gasteiger partial charge on any atom is -0.489 e. The van der Waals surface area contributed by atoms with Crippen LogP contribution in [0.1, 0.15) is 18.2 Å². The Kier molecular flexibility index (Phi) is 6.61. The van der Waals surface area contributed by atoms with Gasteiger partial charge < -0.3 is 9.47 Å². The first-order chi connectivity index (χ1) is 17.3. The Morgan fingerprint density at radius 2 is 1.71 bits per heavy atom. The number of nitrogens with one attached hydrogen (secondary N) is 1.